The van der Waals surface area contributed by atoms with Crippen LogP contribution in [0.15, 0.2) is 65.7 Å². The summed E-state index contributed by atoms with van der Waals surface area (Å²) in [6.45, 7) is 0.397. The molecule has 0 saturated carbocycles. The van der Waals surface area contributed by atoms with E-state index in [1.165, 1.54) is 23.0 Å². The molecule has 0 atom stereocenters. The molecule has 26 heavy (non-hydrogen) atoms. The van der Waals surface area contributed by atoms with Crippen molar-refractivity contribution in [3.8, 4) is 0 Å². The first-order chi connectivity index (χ1) is 12.4. The lowest BCUT2D eigenvalue weighted by molar-refractivity contribution is -0.387. The Morgan fingerprint density at radius 2 is 1.77 bits per heavy atom. The lowest BCUT2D eigenvalue weighted by atomic mass is 10.2. The fraction of sp³-hybridized carbons (Fsp3) is 0.0625. The Morgan fingerprint density at radius 3 is 2.46 bits per heavy atom. The van der Waals surface area contributed by atoms with Crippen molar-refractivity contribution in [1.29, 1.82) is 0 Å². The van der Waals surface area contributed by atoms with Gasteiger partial charge in [-0.3, -0.25) is 19.5 Å². The minimum Gasteiger partial charge on any atom is -0.265 e. The number of anilines is 1. The second kappa shape index (κ2) is 7.14. The summed E-state index contributed by atoms with van der Waals surface area (Å²) in [5, 5.41) is 15.3. The maximum absolute atomic E-state index is 12.5. The highest BCUT2D eigenvalue weighted by molar-refractivity contribution is 7.92. The van der Waals surface area contributed by atoms with Crippen LogP contribution in [-0.2, 0) is 16.6 Å². The van der Waals surface area contributed by atoms with Gasteiger partial charge in [-0.2, -0.15) is 5.10 Å². The Hall–Kier alpha value is -2.91. The number of hydrogen-bond donors (Lipinski definition) is 1. The molecule has 2 aromatic carbocycles. The zero-order chi connectivity index (χ0) is 18.7. The van der Waals surface area contributed by atoms with Crippen molar-refractivity contribution in [3.05, 3.63) is 81.5 Å². The van der Waals surface area contributed by atoms with Gasteiger partial charge in [-0.05, 0) is 11.6 Å². The maximum Gasteiger partial charge on any atom is 0.289 e. The van der Waals surface area contributed by atoms with Gasteiger partial charge in [0.15, 0.2) is 10.7 Å². The van der Waals surface area contributed by atoms with E-state index in [9.17, 15) is 18.5 Å². The van der Waals surface area contributed by atoms with E-state index in [-0.39, 0.29) is 10.8 Å². The molecule has 3 rings (SSSR count). The van der Waals surface area contributed by atoms with Crippen molar-refractivity contribution in [3.63, 3.8) is 0 Å². The van der Waals surface area contributed by atoms with E-state index in [2.05, 4.69) is 9.82 Å². The quantitative estimate of drug-likeness (QED) is 0.511. The number of nitro groups is 1. The molecule has 0 radical (unpaired) electrons. The largest absolute Gasteiger partial charge is 0.289 e. The third-order valence-electron chi connectivity index (χ3n) is 3.49. The number of sulfonamides is 1. The van der Waals surface area contributed by atoms with Crippen LogP contribution in [0.25, 0.3) is 0 Å². The summed E-state index contributed by atoms with van der Waals surface area (Å²) in [5.41, 5.74) is 0.430. The second-order valence-corrected chi connectivity index (χ2v) is 7.40. The third-order valence-corrected chi connectivity index (χ3v) is 5.15. The van der Waals surface area contributed by atoms with E-state index >= 15 is 0 Å². The fourth-order valence-electron chi connectivity index (χ4n) is 2.34. The smallest absolute Gasteiger partial charge is 0.265 e. The first-order valence-corrected chi connectivity index (χ1v) is 9.26. The molecule has 1 heterocycles. The van der Waals surface area contributed by atoms with E-state index in [0.29, 0.717) is 6.54 Å². The lowest BCUT2D eigenvalue weighted by Crippen LogP contribution is -2.15. The number of para-hydroxylation sites is 1. The van der Waals surface area contributed by atoms with Crippen LogP contribution in [0.3, 0.4) is 0 Å². The molecule has 0 fully saturated rings. The molecule has 3 aromatic rings. The van der Waals surface area contributed by atoms with Gasteiger partial charge in [-0.15, -0.1) is 0 Å². The molecule has 0 amide bonds. The highest BCUT2D eigenvalue weighted by Gasteiger charge is 2.26. The molecule has 0 aliphatic rings. The van der Waals surface area contributed by atoms with Gasteiger partial charge >= 0.3 is 0 Å². The molecule has 0 saturated heterocycles. The number of nitrogens with zero attached hydrogens (tertiary/aromatic N) is 3. The molecule has 1 N–H and O–H groups in total. The lowest BCUT2D eigenvalue weighted by Gasteiger charge is -2.06. The Labute approximate surface area is 154 Å². The summed E-state index contributed by atoms with van der Waals surface area (Å²) >= 11 is 6.06. The van der Waals surface area contributed by atoms with Crippen molar-refractivity contribution in [1.82, 2.24) is 9.78 Å². The van der Waals surface area contributed by atoms with Gasteiger partial charge in [0.25, 0.3) is 15.7 Å². The van der Waals surface area contributed by atoms with E-state index in [1.54, 1.807) is 0 Å². The van der Waals surface area contributed by atoms with Gasteiger partial charge in [-0.1, -0.05) is 54.1 Å². The minimum absolute atomic E-state index is 0.0862. The monoisotopic (exact) mass is 392 g/mol. The third kappa shape index (κ3) is 3.84. The SMILES string of the molecule is O=[N+]([O-])c1ccccc1S(=O)(=O)Nc1nn(Cc2ccccc2)cc1Cl. The van der Waals surface area contributed by atoms with Crippen molar-refractivity contribution < 1.29 is 13.3 Å². The molecule has 0 unspecified atom stereocenters. The number of rotatable bonds is 6. The Balaban J connectivity index is 1.88. The minimum atomic E-state index is -4.22. The van der Waals surface area contributed by atoms with Crippen LogP contribution in [0.4, 0.5) is 11.5 Å². The predicted molar refractivity (Wildman–Crippen MR) is 96.7 cm³/mol. The molecule has 134 valence electrons. The first kappa shape index (κ1) is 17.9. The number of benzene rings is 2. The Morgan fingerprint density at radius 1 is 1.12 bits per heavy atom. The van der Waals surface area contributed by atoms with E-state index in [0.717, 1.165) is 17.7 Å². The molecule has 8 nitrogen and oxygen atoms in total. The topological polar surface area (TPSA) is 107 Å². The van der Waals surface area contributed by atoms with Crippen molar-refractivity contribution >= 4 is 33.1 Å². The molecule has 0 aliphatic heterocycles. The number of hydrogen-bond acceptors (Lipinski definition) is 5. The summed E-state index contributed by atoms with van der Waals surface area (Å²) in [7, 11) is -4.22. The van der Waals surface area contributed by atoms with Crippen LogP contribution in [-0.4, -0.2) is 23.1 Å². The molecular formula is C16H13ClN4O4S. The Bertz CT molecular complexity index is 1050. The standard InChI is InChI=1S/C16H13ClN4O4S/c17-13-11-20(10-12-6-2-1-3-7-12)18-16(13)19-26(24,25)15-9-5-4-8-14(15)21(22)23/h1-9,11H,10H2,(H,18,19). The van der Waals surface area contributed by atoms with Gasteiger partial charge in [0.2, 0.25) is 0 Å². The summed E-state index contributed by atoms with van der Waals surface area (Å²) in [4.78, 5) is 9.84. The van der Waals surface area contributed by atoms with Gasteiger partial charge in [0.1, 0.15) is 5.02 Å². The normalized spacial score (nSPS) is 11.3. The fourth-order valence-corrected chi connectivity index (χ4v) is 3.78. The summed E-state index contributed by atoms with van der Waals surface area (Å²) in [5.74, 6) is -0.0965. The highest BCUT2D eigenvalue weighted by Crippen LogP contribution is 2.27. The van der Waals surface area contributed by atoms with Crippen LogP contribution >= 0.6 is 11.6 Å². The van der Waals surface area contributed by atoms with Crippen LogP contribution in [0.2, 0.25) is 5.02 Å². The zero-order valence-corrected chi connectivity index (χ0v) is 14.8. The summed E-state index contributed by atoms with van der Waals surface area (Å²) in [6.07, 6.45) is 1.48. The average Bonchev–Trinajstić information content (AvgIpc) is 2.94. The highest BCUT2D eigenvalue weighted by atomic mass is 35.5. The number of halogens is 1. The maximum atomic E-state index is 12.5. The molecule has 0 spiro atoms. The summed E-state index contributed by atoms with van der Waals surface area (Å²) in [6, 6.07) is 14.5. The van der Waals surface area contributed by atoms with Crippen molar-refractivity contribution in [2.45, 2.75) is 11.4 Å². The number of aromatic nitrogens is 2. The second-order valence-electron chi connectivity index (χ2n) is 5.34. The first-order valence-electron chi connectivity index (χ1n) is 7.40. The van der Waals surface area contributed by atoms with Crippen molar-refractivity contribution in [2.24, 2.45) is 0 Å². The van der Waals surface area contributed by atoms with E-state index < -0.39 is 25.5 Å². The molecule has 0 aliphatic carbocycles. The van der Waals surface area contributed by atoms with Gasteiger partial charge in [-0.25, -0.2) is 8.42 Å². The van der Waals surface area contributed by atoms with Crippen LogP contribution in [0.5, 0.6) is 0 Å². The molecular weight excluding hydrogens is 380 g/mol. The van der Waals surface area contributed by atoms with Gasteiger partial charge in [0, 0.05) is 12.3 Å². The van der Waals surface area contributed by atoms with Crippen LogP contribution < -0.4 is 4.72 Å². The number of nitro benzene ring substituents is 1. The predicted octanol–water partition coefficient (Wildman–Crippen LogP) is 3.29. The van der Waals surface area contributed by atoms with Crippen LogP contribution in [0.1, 0.15) is 5.56 Å². The van der Waals surface area contributed by atoms with E-state index in [1.807, 2.05) is 30.3 Å². The van der Waals surface area contributed by atoms with E-state index in [4.69, 9.17) is 11.6 Å². The van der Waals surface area contributed by atoms with Gasteiger partial charge in [0.05, 0.1) is 11.5 Å². The zero-order valence-electron chi connectivity index (χ0n) is 13.2. The Kier molecular flexibility index (Phi) is 4.92. The average molecular weight is 393 g/mol. The summed E-state index contributed by atoms with van der Waals surface area (Å²) < 4.78 is 28.7. The number of nitrogens with one attached hydrogen (secondary N) is 1. The molecule has 10 heteroatoms. The van der Waals surface area contributed by atoms with Crippen LogP contribution in [0, 0.1) is 10.1 Å². The molecule has 0 bridgehead atoms. The van der Waals surface area contributed by atoms with Crippen molar-refractivity contribution in [2.75, 3.05) is 4.72 Å². The molecule has 1 aromatic heterocycles. The van der Waals surface area contributed by atoms with Gasteiger partial charge < -0.3 is 0 Å².